The molecule has 2 fully saturated rings. The van der Waals surface area contributed by atoms with Crippen LogP contribution in [-0.2, 0) is 15.0 Å². The van der Waals surface area contributed by atoms with Crippen LogP contribution in [0.1, 0.15) is 54.4 Å². The molecular formula is C27H30N4O3S. The van der Waals surface area contributed by atoms with Gasteiger partial charge in [-0.25, -0.2) is 0 Å². The number of nitrogens with zero attached hydrogens (tertiary/aromatic N) is 2. The highest BCUT2D eigenvalue weighted by Gasteiger charge is 2.38. The van der Waals surface area contributed by atoms with Crippen molar-refractivity contribution < 1.29 is 14.4 Å². The van der Waals surface area contributed by atoms with Gasteiger partial charge in [-0.05, 0) is 55.5 Å². The number of anilines is 1. The summed E-state index contributed by atoms with van der Waals surface area (Å²) in [5, 5.41) is 6.21. The Labute approximate surface area is 209 Å². The third-order valence-corrected chi connectivity index (χ3v) is 8.40. The number of amidine groups is 1. The number of amides is 3. The molecule has 8 heteroatoms. The van der Waals surface area contributed by atoms with E-state index in [4.69, 9.17) is 0 Å². The molecule has 35 heavy (non-hydrogen) atoms. The van der Waals surface area contributed by atoms with Crippen molar-refractivity contribution >= 4 is 40.3 Å². The van der Waals surface area contributed by atoms with Crippen LogP contribution in [0, 0.1) is 0 Å². The first kappa shape index (κ1) is 23.6. The molecule has 0 spiro atoms. The average molecular weight is 491 g/mol. The maximum absolute atomic E-state index is 12.7. The van der Waals surface area contributed by atoms with E-state index in [1.807, 2.05) is 18.2 Å². The fourth-order valence-corrected chi connectivity index (χ4v) is 6.07. The van der Waals surface area contributed by atoms with Gasteiger partial charge in [-0.2, -0.15) is 4.99 Å². The summed E-state index contributed by atoms with van der Waals surface area (Å²) < 4.78 is 0. The second-order valence-electron chi connectivity index (χ2n) is 9.55. The molecular weight excluding hydrogens is 460 g/mol. The standard InChI is InChI=1S/C27H30N4O3S/c32-23(17-22-25(34)30-26(35-22)31-15-4-5-16-31)29-21-11-9-19(10-12-21)24(33)28-18-27(13-6-14-27)20-7-2-1-3-8-20/h1-3,7-12,22H,4-6,13-18H2,(H,28,33)(H,29,32). The maximum atomic E-state index is 12.7. The minimum atomic E-state index is -0.473. The fourth-order valence-electron chi connectivity index (χ4n) is 4.95. The molecule has 1 saturated carbocycles. The van der Waals surface area contributed by atoms with E-state index in [-0.39, 0.29) is 29.6 Å². The smallest absolute Gasteiger partial charge is 0.262 e. The van der Waals surface area contributed by atoms with Crippen LogP contribution in [0.5, 0.6) is 0 Å². The minimum absolute atomic E-state index is 0.0267. The van der Waals surface area contributed by atoms with Gasteiger partial charge in [0.2, 0.25) is 5.91 Å². The minimum Gasteiger partial charge on any atom is -0.351 e. The molecule has 1 unspecified atom stereocenters. The molecule has 5 rings (SSSR count). The zero-order valence-corrected chi connectivity index (χ0v) is 20.5. The van der Waals surface area contributed by atoms with E-state index in [0.29, 0.717) is 17.8 Å². The second-order valence-corrected chi connectivity index (χ2v) is 10.7. The Balaban J connectivity index is 1.11. The Hall–Kier alpha value is -3.13. The third-order valence-electron chi connectivity index (χ3n) is 7.19. The molecule has 1 aliphatic carbocycles. The van der Waals surface area contributed by atoms with Crippen LogP contribution in [-0.4, -0.2) is 52.7 Å². The van der Waals surface area contributed by atoms with Gasteiger partial charge in [0.1, 0.15) is 5.25 Å². The number of rotatable bonds is 7. The largest absolute Gasteiger partial charge is 0.351 e. The molecule has 0 bridgehead atoms. The lowest BCUT2D eigenvalue weighted by Crippen LogP contribution is -2.45. The Bertz CT molecular complexity index is 1120. The summed E-state index contributed by atoms with van der Waals surface area (Å²) in [6, 6.07) is 17.3. The van der Waals surface area contributed by atoms with Crippen molar-refractivity contribution in [2.45, 2.75) is 49.2 Å². The summed E-state index contributed by atoms with van der Waals surface area (Å²) in [6.07, 6.45) is 5.63. The lowest BCUT2D eigenvalue weighted by atomic mass is 9.64. The van der Waals surface area contributed by atoms with Gasteiger partial charge in [-0.1, -0.05) is 48.5 Å². The maximum Gasteiger partial charge on any atom is 0.262 e. The van der Waals surface area contributed by atoms with E-state index in [9.17, 15) is 14.4 Å². The number of likely N-dealkylation sites (tertiary alicyclic amines) is 1. The Morgan fingerprint density at radius 3 is 2.37 bits per heavy atom. The number of thioether (sulfide) groups is 1. The Morgan fingerprint density at radius 1 is 1.00 bits per heavy atom. The number of carbonyl (C=O) groups excluding carboxylic acids is 3. The van der Waals surface area contributed by atoms with Crippen LogP contribution in [0.3, 0.4) is 0 Å². The van der Waals surface area contributed by atoms with Gasteiger partial charge in [0, 0.05) is 42.7 Å². The van der Waals surface area contributed by atoms with E-state index in [1.165, 1.54) is 23.7 Å². The zero-order valence-electron chi connectivity index (χ0n) is 19.7. The predicted octanol–water partition coefficient (Wildman–Crippen LogP) is 3.96. The zero-order chi connectivity index (χ0) is 24.3. The van der Waals surface area contributed by atoms with Crippen molar-refractivity contribution in [2.24, 2.45) is 4.99 Å². The highest BCUT2D eigenvalue weighted by atomic mass is 32.2. The fraction of sp³-hybridized carbons (Fsp3) is 0.407. The second kappa shape index (κ2) is 10.2. The third kappa shape index (κ3) is 5.27. The van der Waals surface area contributed by atoms with Crippen molar-refractivity contribution in [3.05, 3.63) is 65.7 Å². The summed E-state index contributed by atoms with van der Waals surface area (Å²) in [7, 11) is 0. The van der Waals surface area contributed by atoms with Crippen molar-refractivity contribution in [3.8, 4) is 0 Å². The number of nitrogens with one attached hydrogen (secondary N) is 2. The van der Waals surface area contributed by atoms with Crippen molar-refractivity contribution in [1.29, 1.82) is 0 Å². The summed E-state index contributed by atoms with van der Waals surface area (Å²) in [6.45, 7) is 2.46. The van der Waals surface area contributed by atoms with Crippen LogP contribution in [0.4, 0.5) is 5.69 Å². The summed E-state index contributed by atoms with van der Waals surface area (Å²) >= 11 is 1.39. The van der Waals surface area contributed by atoms with Crippen LogP contribution in [0.15, 0.2) is 59.6 Å². The van der Waals surface area contributed by atoms with Crippen molar-refractivity contribution in [2.75, 3.05) is 25.0 Å². The van der Waals surface area contributed by atoms with Crippen molar-refractivity contribution in [1.82, 2.24) is 10.2 Å². The molecule has 7 nitrogen and oxygen atoms in total. The van der Waals surface area contributed by atoms with Gasteiger partial charge < -0.3 is 15.5 Å². The van der Waals surface area contributed by atoms with E-state index >= 15 is 0 Å². The van der Waals surface area contributed by atoms with Crippen LogP contribution >= 0.6 is 11.8 Å². The van der Waals surface area contributed by atoms with Gasteiger partial charge in [0.15, 0.2) is 5.17 Å². The van der Waals surface area contributed by atoms with Gasteiger partial charge in [-0.3, -0.25) is 14.4 Å². The molecule has 3 amide bonds. The highest BCUT2D eigenvalue weighted by molar-refractivity contribution is 8.15. The molecule has 2 aliphatic heterocycles. The molecule has 2 aromatic rings. The first-order valence-corrected chi connectivity index (χ1v) is 13.2. The molecule has 0 aromatic heterocycles. The highest BCUT2D eigenvalue weighted by Crippen LogP contribution is 2.43. The number of hydrogen-bond acceptors (Lipinski definition) is 5. The molecule has 3 aliphatic rings. The van der Waals surface area contributed by atoms with Crippen LogP contribution < -0.4 is 10.6 Å². The summed E-state index contributed by atoms with van der Waals surface area (Å²) in [5.74, 6) is -0.593. The molecule has 2 N–H and O–H groups in total. The van der Waals surface area contributed by atoms with E-state index < -0.39 is 5.25 Å². The lowest BCUT2D eigenvalue weighted by Gasteiger charge is -2.42. The van der Waals surface area contributed by atoms with E-state index in [0.717, 1.165) is 43.9 Å². The van der Waals surface area contributed by atoms with Crippen LogP contribution in [0.2, 0.25) is 0 Å². The average Bonchev–Trinajstić information content (AvgIpc) is 3.50. The van der Waals surface area contributed by atoms with Gasteiger partial charge in [0.05, 0.1) is 0 Å². The monoisotopic (exact) mass is 490 g/mol. The first-order chi connectivity index (χ1) is 17.0. The van der Waals surface area contributed by atoms with Gasteiger partial charge in [0.25, 0.3) is 11.8 Å². The van der Waals surface area contributed by atoms with E-state index in [1.54, 1.807) is 24.3 Å². The number of hydrogen-bond donors (Lipinski definition) is 2. The quantitative estimate of drug-likeness (QED) is 0.613. The Morgan fingerprint density at radius 2 is 1.71 bits per heavy atom. The normalized spacial score (nSPS) is 20.8. The molecule has 1 atom stereocenters. The first-order valence-electron chi connectivity index (χ1n) is 12.3. The summed E-state index contributed by atoms with van der Waals surface area (Å²) in [4.78, 5) is 43.8. The van der Waals surface area contributed by atoms with Crippen LogP contribution in [0.25, 0.3) is 0 Å². The number of aliphatic imine (C=N–C) groups is 1. The lowest BCUT2D eigenvalue weighted by molar-refractivity contribution is -0.121. The van der Waals surface area contributed by atoms with Gasteiger partial charge >= 0.3 is 0 Å². The topological polar surface area (TPSA) is 90.9 Å². The molecule has 0 radical (unpaired) electrons. The van der Waals surface area contributed by atoms with Gasteiger partial charge in [-0.15, -0.1) is 0 Å². The molecule has 2 heterocycles. The van der Waals surface area contributed by atoms with E-state index in [2.05, 4.69) is 32.7 Å². The number of carbonyl (C=O) groups is 3. The van der Waals surface area contributed by atoms with Crippen molar-refractivity contribution in [3.63, 3.8) is 0 Å². The Kier molecular flexibility index (Phi) is 6.90. The summed E-state index contributed by atoms with van der Waals surface area (Å²) in [5.41, 5.74) is 2.46. The molecule has 182 valence electrons. The molecule has 2 aromatic carbocycles. The SMILES string of the molecule is O=C(CC1SC(N2CCCC2)=NC1=O)Nc1ccc(C(=O)NCC2(c3ccccc3)CCC2)cc1. The number of benzene rings is 2. The molecule has 1 saturated heterocycles. The predicted molar refractivity (Wildman–Crippen MR) is 139 cm³/mol.